The van der Waals surface area contributed by atoms with E-state index in [1.54, 1.807) is 0 Å². The summed E-state index contributed by atoms with van der Waals surface area (Å²) in [4.78, 5) is 35.8. The van der Waals surface area contributed by atoms with Gasteiger partial charge in [-0.05, 0) is 55.4 Å². The second kappa shape index (κ2) is 13.8. The number of aryl methyl sites for hydroxylation is 1. The first kappa shape index (κ1) is 29.6. The number of amides is 2. The van der Waals surface area contributed by atoms with E-state index in [9.17, 15) is 19.6 Å². The summed E-state index contributed by atoms with van der Waals surface area (Å²) in [5.41, 5.74) is 7.03. The normalized spacial score (nSPS) is 11.8. The summed E-state index contributed by atoms with van der Waals surface area (Å²) in [5.74, 6) is -0.888. The number of aromatic nitrogens is 1. The molecule has 0 spiro atoms. The molecule has 4 aromatic rings. The monoisotopic (exact) mass is 551 g/mol. The third-order valence-electron chi connectivity index (χ3n) is 7.21. The Kier molecular flexibility index (Phi) is 9.98. The van der Waals surface area contributed by atoms with Crippen molar-refractivity contribution >= 4 is 17.5 Å². The first-order valence-corrected chi connectivity index (χ1v) is 14.1. The summed E-state index contributed by atoms with van der Waals surface area (Å²) >= 11 is 0. The second-order valence-electron chi connectivity index (χ2n) is 10.7. The Hall–Kier alpha value is -4.36. The molecule has 0 aliphatic heterocycles. The Morgan fingerprint density at radius 2 is 1.51 bits per heavy atom. The zero-order valence-electron chi connectivity index (χ0n) is 23.8. The number of aliphatic hydroxyl groups is 1. The number of nitroso groups, excluding NO2 is 1. The van der Waals surface area contributed by atoms with Gasteiger partial charge < -0.3 is 15.0 Å². The molecule has 2 N–H and O–H groups in total. The summed E-state index contributed by atoms with van der Waals surface area (Å²) in [6, 6.07) is 27.6. The van der Waals surface area contributed by atoms with Crippen LogP contribution in [0.15, 0.2) is 90.1 Å². The van der Waals surface area contributed by atoms with Crippen molar-refractivity contribution in [1.29, 1.82) is 0 Å². The van der Waals surface area contributed by atoms with Crippen LogP contribution in [-0.4, -0.2) is 27.6 Å². The lowest BCUT2D eigenvalue weighted by molar-refractivity contribution is -0.118. The third kappa shape index (κ3) is 7.24. The molecule has 0 bridgehead atoms. The number of hydrogen-bond donors (Lipinski definition) is 2. The van der Waals surface area contributed by atoms with Gasteiger partial charge in [-0.1, -0.05) is 92.2 Å². The van der Waals surface area contributed by atoms with E-state index in [0.29, 0.717) is 37.1 Å². The van der Waals surface area contributed by atoms with Crippen molar-refractivity contribution in [1.82, 2.24) is 4.57 Å². The van der Waals surface area contributed by atoms with Crippen molar-refractivity contribution in [3.8, 4) is 22.4 Å². The van der Waals surface area contributed by atoms with Gasteiger partial charge in [0.25, 0.3) is 11.8 Å². The van der Waals surface area contributed by atoms with Gasteiger partial charge in [-0.3, -0.25) is 9.59 Å². The van der Waals surface area contributed by atoms with E-state index in [2.05, 4.69) is 53.2 Å². The molecule has 7 heteroatoms. The van der Waals surface area contributed by atoms with Gasteiger partial charge in [0, 0.05) is 35.1 Å². The van der Waals surface area contributed by atoms with Gasteiger partial charge in [0.05, 0.1) is 17.4 Å². The molecule has 0 aliphatic carbocycles. The predicted octanol–water partition coefficient (Wildman–Crippen LogP) is 7.72. The number of anilines is 1. The van der Waals surface area contributed by atoms with Gasteiger partial charge in [-0.15, -0.1) is 4.91 Å². The van der Waals surface area contributed by atoms with E-state index in [1.165, 1.54) is 0 Å². The minimum atomic E-state index is -0.701. The highest BCUT2D eigenvalue weighted by Crippen LogP contribution is 2.42. The predicted molar refractivity (Wildman–Crippen MR) is 164 cm³/mol. The van der Waals surface area contributed by atoms with Crippen LogP contribution in [0, 0.1) is 11.8 Å². The molecule has 0 aliphatic rings. The second-order valence-corrected chi connectivity index (χ2v) is 10.7. The van der Waals surface area contributed by atoms with E-state index < -0.39 is 12.0 Å². The molecule has 1 atom stereocenters. The fraction of sp³-hybridized carbons (Fsp3) is 0.294. The summed E-state index contributed by atoms with van der Waals surface area (Å²) in [6.07, 6.45) is 0.539. The summed E-state index contributed by atoms with van der Waals surface area (Å²) in [6.45, 7) is 6.66. The number of hydrogen-bond acceptors (Lipinski definition) is 4. The van der Waals surface area contributed by atoms with Crippen LogP contribution in [0.3, 0.4) is 0 Å². The average molecular weight is 552 g/mol. The number of nitrogens with one attached hydrogen (secondary N) is 1. The van der Waals surface area contributed by atoms with Crippen LogP contribution in [-0.2, 0) is 11.3 Å². The van der Waals surface area contributed by atoms with Crippen molar-refractivity contribution in [3.63, 3.8) is 0 Å². The number of nitrogens with zero attached hydrogens (tertiary/aromatic N) is 2. The van der Waals surface area contributed by atoms with Gasteiger partial charge >= 0.3 is 0 Å². The van der Waals surface area contributed by atoms with Gasteiger partial charge in [-0.25, -0.2) is 0 Å². The van der Waals surface area contributed by atoms with Crippen molar-refractivity contribution in [3.05, 3.63) is 107 Å². The van der Waals surface area contributed by atoms with Crippen molar-refractivity contribution in [2.75, 3.05) is 5.32 Å². The molecular weight excluding hydrogens is 514 g/mol. The fourth-order valence-corrected chi connectivity index (χ4v) is 5.27. The van der Waals surface area contributed by atoms with E-state index in [1.807, 2.05) is 67.6 Å². The maximum Gasteiger partial charge on any atom is 0.286 e. The zero-order chi connectivity index (χ0) is 29.4. The fourth-order valence-electron chi connectivity index (χ4n) is 5.27. The summed E-state index contributed by atoms with van der Waals surface area (Å²) in [5, 5.41) is 16.4. The molecule has 4 rings (SSSR count). The minimum Gasteiger partial charge on any atom is -0.393 e. The molecule has 0 fully saturated rings. The molecule has 0 saturated heterocycles. The maximum atomic E-state index is 14.1. The highest BCUT2D eigenvalue weighted by Gasteiger charge is 2.30. The number of aliphatic hydroxyl groups excluding tert-OH is 1. The van der Waals surface area contributed by atoms with Crippen LogP contribution in [0.25, 0.3) is 22.4 Å². The number of benzene rings is 3. The Bertz CT molecular complexity index is 1480. The Morgan fingerprint density at radius 3 is 2.12 bits per heavy atom. The van der Waals surface area contributed by atoms with E-state index >= 15 is 0 Å². The van der Waals surface area contributed by atoms with Crippen molar-refractivity contribution in [2.45, 2.75) is 65.0 Å². The smallest absolute Gasteiger partial charge is 0.286 e. The SMILES string of the molecule is Cc1ccc(-c2c(-c3ccccc3)c(C(=O)Nc3ccccc3)c(C(C)C)n2CC[C@@H](O)CCCC(=O)N=O)cc1. The topological polar surface area (TPSA) is 101 Å². The molecule has 212 valence electrons. The number of carbonyl (C=O) groups excluding carboxylic acids is 2. The quantitative estimate of drug-likeness (QED) is 0.176. The number of para-hydroxylation sites is 1. The Labute approximate surface area is 241 Å². The summed E-state index contributed by atoms with van der Waals surface area (Å²) in [7, 11) is 0. The Balaban J connectivity index is 1.86. The van der Waals surface area contributed by atoms with Gasteiger partial charge in [0.1, 0.15) is 0 Å². The van der Waals surface area contributed by atoms with Crippen LogP contribution < -0.4 is 5.32 Å². The van der Waals surface area contributed by atoms with E-state index in [4.69, 9.17) is 0 Å². The van der Waals surface area contributed by atoms with Crippen LogP contribution in [0.1, 0.15) is 67.1 Å². The Morgan fingerprint density at radius 1 is 0.878 bits per heavy atom. The van der Waals surface area contributed by atoms with Crippen LogP contribution in [0.4, 0.5) is 5.69 Å². The molecule has 7 nitrogen and oxygen atoms in total. The molecule has 3 aromatic carbocycles. The molecular formula is C34H37N3O4. The number of rotatable bonds is 12. The highest BCUT2D eigenvalue weighted by atomic mass is 16.3. The molecule has 1 heterocycles. The molecule has 0 unspecified atom stereocenters. The lowest BCUT2D eigenvalue weighted by atomic mass is 9.94. The number of carbonyl (C=O) groups is 2. The van der Waals surface area contributed by atoms with Gasteiger partial charge in [0.15, 0.2) is 0 Å². The maximum absolute atomic E-state index is 14.1. The van der Waals surface area contributed by atoms with Crippen molar-refractivity contribution in [2.24, 2.45) is 5.18 Å². The van der Waals surface area contributed by atoms with E-state index in [-0.39, 0.29) is 18.2 Å². The molecule has 41 heavy (non-hydrogen) atoms. The van der Waals surface area contributed by atoms with Crippen LogP contribution >= 0.6 is 0 Å². The van der Waals surface area contributed by atoms with Gasteiger partial charge in [-0.2, -0.15) is 0 Å². The first-order valence-electron chi connectivity index (χ1n) is 14.1. The van der Waals surface area contributed by atoms with Crippen LogP contribution in [0.5, 0.6) is 0 Å². The summed E-state index contributed by atoms with van der Waals surface area (Å²) < 4.78 is 2.18. The van der Waals surface area contributed by atoms with Crippen molar-refractivity contribution < 1.29 is 14.7 Å². The first-order chi connectivity index (χ1) is 19.8. The largest absolute Gasteiger partial charge is 0.393 e. The molecule has 0 radical (unpaired) electrons. The lowest BCUT2D eigenvalue weighted by Gasteiger charge is -2.19. The molecule has 1 aromatic heterocycles. The minimum absolute atomic E-state index is 0.00149. The van der Waals surface area contributed by atoms with Crippen LogP contribution in [0.2, 0.25) is 0 Å². The lowest BCUT2D eigenvalue weighted by Crippen LogP contribution is -2.18. The van der Waals surface area contributed by atoms with E-state index in [0.717, 1.165) is 33.6 Å². The molecule has 0 saturated carbocycles. The highest BCUT2D eigenvalue weighted by molar-refractivity contribution is 6.12. The average Bonchev–Trinajstić information content (AvgIpc) is 3.33. The standard InChI is InChI=1S/C34H37N3O4/c1-23(2)32-31(34(40)35-27-13-8-5-9-14-27)30(25-11-6-4-7-12-25)33(26-19-17-24(3)18-20-26)37(32)22-21-28(38)15-10-16-29(39)36-41/h4-9,11-14,17-20,23,28,38H,10,15-16,21-22H2,1-3H3,(H,35,40)/t28-/m0/s1. The molecule has 2 amide bonds. The van der Waals surface area contributed by atoms with Gasteiger partial charge in [0.2, 0.25) is 0 Å². The zero-order valence-corrected chi connectivity index (χ0v) is 23.8. The third-order valence-corrected chi connectivity index (χ3v) is 7.21.